The van der Waals surface area contributed by atoms with Crippen LogP contribution in [0.25, 0.3) is 0 Å². The van der Waals surface area contributed by atoms with E-state index in [1.54, 1.807) is 0 Å². The Morgan fingerprint density at radius 1 is 1.28 bits per heavy atom. The minimum Gasteiger partial charge on any atom is -0.339 e. The van der Waals surface area contributed by atoms with Gasteiger partial charge in [0.25, 0.3) is 0 Å². The van der Waals surface area contributed by atoms with Crippen molar-refractivity contribution in [3.8, 4) is 0 Å². The Balaban J connectivity index is 1.73. The van der Waals surface area contributed by atoms with Crippen molar-refractivity contribution in [1.82, 2.24) is 4.90 Å². The van der Waals surface area contributed by atoms with Gasteiger partial charge in [0.1, 0.15) is 0 Å². The van der Waals surface area contributed by atoms with Crippen molar-refractivity contribution in [2.45, 2.75) is 64.3 Å². The van der Waals surface area contributed by atoms with Gasteiger partial charge in [-0.25, -0.2) is 0 Å². The highest BCUT2D eigenvalue weighted by Crippen LogP contribution is 2.35. The van der Waals surface area contributed by atoms with Crippen molar-refractivity contribution in [2.75, 3.05) is 13.1 Å². The van der Waals surface area contributed by atoms with E-state index in [0.717, 1.165) is 44.7 Å². The summed E-state index contributed by atoms with van der Waals surface area (Å²) < 4.78 is 0. The van der Waals surface area contributed by atoms with Crippen LogP contribution in [0.3, 0.4) is 0 Å². The van der Waals surface area contributed by atoms with Gasteiger partial charge in [0, 0.05) is 19.0 Å². The molecule has 2 rings (SSSR count). The van der Waals surface area contributed by atoms with E-state index in [2.05, 4.69) is 11.8 Å². The molecule has 2 fully saturated rings. The molecular weight excluding hydrogens is 224 g/mol. The molecule has 0 saturated heterocycles. The van der Waals surface area contributed by atoms with Gasteiger partial charge < -0.3 is 10.6 Å². The molecule has 1 atom stereocenters. The fourth-order valence-corrected chi connectivity index (χ4v) is 2.68. The number of nitrogens with zero attached hydrogens (tertiary/aromatic N) is 1. The largest absolute Gasteiger partial charge is 0.339 e. The van der Waals surface area contributed by atoms with Crippen LogP contribution in [0, 0.1) is 11.8 Å². The van der Waals surface area contributed by atoms with Crippen molar-refractivity contribution < 1.29 is 4.79 Å². The first-order valence-corrected chi connectivity index (χ1v) is 7.74. The maximum absolute atomic E-state index is 12.3. The van der Waals surface area contributed by atoms with E-state index >= 15 is 0 Å². The molecule has 0 spiro atoms. The lowest BCUT2D eigenvalue weighted by Gasteiger charge is -2.23. The SMILES string of the molecule is CCC(CCN)CCC(=O)N(CC1CC1)C1CC1. The number of hydrogen-bond donors (Lipinski definition) is 1. The van der Waals surface area contributed by atoms with Crippen molar-refractivity contribution >= 4 is 5.91 Å². The molecule has 0 aromatic heterocycles. The zero-order chi connectivity index (χ0) is 13.0. The number of carbonyl (C=O) groups excluding carboxylic acids is 1. The van der Waals surface area contributed by atoms with E-state index in [9.17, 15) is 4.79 Å². The normalized spacial score (nSPS) is 20.8. The van der Waals surface area contributed by atoms with Crippen LogP contribution >= 0.6 is 0 Å². The van der Waals surface area contributed by atoms with Gasteiger partial charge in [-0.15, -0.1) is 0 Å². The fourth-order valence-electron chi connectivity index (χ4n) is 2.68. The zero-order valence-corrected chi connectivity index (χ0v) is 11.7. The van der Waals surface area contributed by atoms with Crippen LogP contribution in [-0.2, 0) is 4.79 Å². The predicted octanol–water partition coefficient (Wildman–Crippen LogP) is 2.54. The van der Waals surface area contributed by atoms with Gasteiger partial charge in [0.2, 0.25) is 5.91 Å². The molecule has 2 saturated carbocycles. The third kappa shape index (κ3) is 4.27. The Hall–Kier alpha value is -0.570. The Morgan fingerprint density at radius 2 is 2.00 bits per heavy atom. The van der Waals surface area contributed by atoms with Crippen LogP contribution < -0.4 is 5.73 Å². The number of amides is 1. The van der Waals surface area contributed by atoms with Gasteiger partial charge in [-0.05, 0) is 56.9 Å². The lowest BCUT2D eigenvalue weighted by Crippen LogP contribution is -2.35. The fraction of sp³-hybridized carbons (Fsp3) is 0.933. The number of rotatable bonds is 9. The maximum Gasteiger partial charge on any atom is 0.222 e. The molecule has 0 bridgehead atoms. The van der Waals surface area contributed by atoms with Crippen LogP contribution in [-0.4, -0.2) is 29.9 Å². The Labute approximate surface area is 111 Å². The molecule has 2 aliphatic carbocycles. The molecule has 3 nitrogen and oxygen atoms in total. The molecule has 2 aliphatic rings. The number of hydrogen-bond acceptors (Lipinski definition) is 2. The second-order valence-corrected chi connectivity index (χ2v) is 6.11. The molecule has 1 unspecified atom stereocenters. The molecular formula is C15H28N2O. The molecule has 104 valence electrons. The van der Waals surface area contributed by atoms with Gasteiger partial charge in [0.15, 0.2) is 0 Å². The Morgan fingerprint density at radius 3 is 2.50 bits per heavy atom. The molecule has 3 heteroatoms. The maximum atomic E-state index is 12.3. The van der Waals surface area contributed by atoms with Crippen LogP contribution in [0.5, 0.6) is 0 Å². The van der Waals surface area contributed by atoms with E-state index < -0.39 is 0 Å². The van der Waals surface area contributed by atoms with Crippen molar-refractivity contribution in [3.63, 3.8) is 0 Å². The lowest BCUT2D eigenvalue weighted by molar-refractivity contribution is -0.132. The van der Waals surface area contributed by atoms with Gasteiger partial charge in [-0.3, -0.25) is 4.79 Å². The highest BCUT2D eigenvalue weighted by Gasteiger charge is 2.36. The number of carbonyl (C=O) groups is 1. The predicted molar refractivity (Wildman–Crippen MR) is 74.1 cm³/mol. The highest BCUT2D eigenvalue weighted by atomic mass is 16.2. The zero-order valence-electron chi connectivity index (χ0n) is 11.7. The minimum absolute atomic E-state index is 0.403. The first kappa shape index (κ1) is 13.9. The second-order valence-electron chi connectivity index (χ2n) is 6.11. The summed E-state index contributed by atoms with van der Waals surface area (Å²) >= 11 is 0. The molecule has 0 aliphatic heterocycles. The van der Waals surface area contributed by atoms with Gasteiger partial charge >= 0.3 is 0 Å². The molecule has 0 aromatic rings. The smallest absolute Gasteiger partial charge is 0.222 e. The van der Waals surface area contributed by atoms with E-state index in [0.29, 0.717) is 17.9 Å². The summed E-state index contributed by atoms with van der Waals surface area (Å²) in [6.45, 7) is 3.99. The summed E-state index contributed by atoms with van der Waals surface area (Å²) in [5, 5.41) is 0. The minimum atomic E-state index is 0.403. The van der Waals surface area contributed by atoms with Crippen LogP contribution in [0.15, 0.2) is 0 Å². The number of nitrogens with two attached hydrogens (primary N) is 1. The van der Waals surface area contributed by atoms with Gasteiger partial charge in [-0.2, -0.15) is 0 Å². The summed E-state index contributed by atoms with van der Waals surface area (Å²) in [5.74, 6) is 1.86. The van der Waals surface area contributed by atoms with E-state index in [1.807, 2.05) is 0 Å². The topological polar surface area (TPSA) is 46.3 Å². The monoisotopic (exact) mass is 252 g/mol. The first-order chi connectivity index (χ1) is 8.74. The molecule has 2 N–H and O–H groups in total. The van der Waals surface area contributed by atoms with Gasteiger partial charge in [-0.1, -0.05) is 13.3 Å². The van der Waals surface area contributed by atoms with Crippen molar-refractivity contribution in [3.05, 3.63) is 0 Å². The summed E-state index contributed by atoms with van der Waals surface area (Å²) in [7, 11) is 0. The summed E-state index contributed by atoms with van der Waals surface area (Å²) in [6.07, 6.45) is 9.12. The summed E-state index contributed by atoms with van der Waals surface area (Å²) in [5.41, 5.74) is 5.61. The third-order valence-electron chi connectivity index (χ3n) is 4.38. The van der Waals surface area contributed by atoms with Crippen LogP contribution in [0.1, 0.15) is 58.3 Å². The summed E-state index contributed by atoms with van der Waals surface area (Å²) in [6, 6.07) is 0.590. The average Bonchev–Trinajstić information content (AvgIpc) is 3.24. The van der Waals surface area contributed by atoms with Crippen LogP contribution in [0.2, 0.25) is 0 Å². The molecule has 1 amide bonds. The first-order valence-electron chi connectivity index (χ1n) is 7.74. The second kappa shape index (κ2) is 6.55. The standard InChI is InChI=1S/C15H28N2O/c1-2-12(9-10-16)5-8-15(18)17(14-6-7-14)11-13-3-4-13/h12-14H,2-11,16H2,1H3. The average molecular weight is 252 g/mol. The summed E-state index contributed by atoms with van der Waals surface area (Å²) in [4.78, 5) is 14.5. The lowest BCUT2D eigenvalue weighted by atomic mass is 9.96. The molecule has 18 heavy (non-hydrogen) atoms. The van der Waals surface area contributed by atoms with E-state index in [-0.39, 0.29) is 0 Å². The molecule has 0 aromatic carbocycles. The van der Waals surface area contributed by atoms with E-state index in [1.165, 1.54) is 25.7 Å². The van der Waals surface area contributed by atoms with Gasteiger partial charge in [0.05, 0.1) is 0 Å². The van der Waals surface area contributed by atoms with Crippen molar-refractivity contribution in [1.29, 1.82) is 0 Å². The highest BCUT2D eigenvalue weighted by molar-refractivity contribution is 5.76. The Kier molecular flexibility index (Phi) is 5.04. The molecule has 0 radical (unpaired) electrons. The molecule has 0 heterocycles. The van der Waals surface area contributed by atoms with E-state index in [4.69, 9.17) is 5.73 Å². The quantitative estimate of drug-likeness (QED) is 0.685. The third-order valence-corrected chi connectivity index (χ3v) is 4.38. The van der Waals surface area contributed by atoms with Crippen molar-refractivity contribution in [2.24, 2.45) is 17.6 Å². The Bertz CT molecular complexity index is 272. The van der Waals surface area contributed by atoms with Crippen LogP contribution in [0.4, 0.5) is 0 Å².